The fourth-order valence-electron chi connectivity index (χ4n) is 1.57. The molecule has 0 aliphatic carbocycles. The fraction of sp³-hybridized carbons (Fsp3) is 0.462. The predicted octanol–water partition coefficient (Wildman–Crippen LogP) is 1.26. The number of unbranched alkanes of at least 4 members (excludes halogenated alkanes) is 1. The highest BCUT2D eigenvalue weighted by Crippen LogP contribution is 2.15. The van der Waals surface area contributed by atoms with Gasteiger partial charge >= 0.3 is 0 Å². The van der Waals surface area contributed by atoms with Crippen molar-refractivity contribution in [1.29, 1.82) is 0 Å². The number of carbonyl (C=O) groups is 1. The molecule has 1 aromatic carbocycles. The number of rotatable bonds is 9. The molecular formula is C13H19BrN2O4S. The second-order valence-electron chi connectivity index (χ2n) is 4.26. The molecule has 1 aromatic rings. The predicted molar refractivity (Wildman–Crippen MR) is 84.2 cm³/mol. The Morgan fingerprint density at radius 3 is 2.38 bits per heavy atom. The summed E-state index contributed by atoms with van der Waals surface area (Å²) >= 11 is 3.05. The van der Waals surface area contributed by atoms with Gasteiger partial charge in [-0.15, -0.1) is 0 Å². The molecule has 6 nitrogen and oxygen atoms in total. The summed E-state index contributed by atoms with van der Waals surface area (Å²) in [4.78, 5) is 11.2. The molecule has 1 amide bonds. The maximum Gasteiger partial charge on any atom is 0.240 e. The van der Waals surface area contributed by atoms with Crippen LogP contribution in [0.1, 0.15) is 12.8 Å². The van der Waals surface area contributed by atoms with E-state index in [4.69, 9.17) is 4.74 Å². The van der Waals surface area contributed by atoms with Gasteiger partial charge < -0.3 is 10.1 Å². The number of alkyl halides is 1. The van der Waals surface area contributed by atoms with E-state index >= 15 is 0 Å². The Bertz CT molecular complexity index is 546. The van der Waals surface area contributed by atoms with E-state index in [1.54, 1.807) is 12.1 Å². The Morgan fingerprint density at radius 1 is 1.19 bits per heavy atom. The lowest BCUT2D eigenvalue weighted by Gasteiger charge is -2.08. The van der Waals surface area contributed by atoms with E-state index in [1.165, 1.54) is 19.2 Å². The molecule has 2 N–H and O–H groups in total. The summed E-state index contributed by atoms with van der Waals surface area (Å²) < 4.78 is 31.5. The highest BCUT2D eigenvalue weighted by molar-refractivity contribution is 9.09. The van der Waals surface area contributed by atoms with Crippen LogP contribution in [0.3, 0.4) is 0 Å². The van der Waals surface area contributed by atoms with Crippen molar-refractivity contribution in [1.82, 2.24) is 10.0 Å². The molecule has 0 saturated heterocycles. The highest BCUT2D eigenvalue weighted by Gasteiger charge is 2.12. The zero-order valence-electron chi connectivity index (χ0n) is 11.8. The van der Waals surface area contributed by atoms with Crippen molar-refractivity contribution in [3.8, 4) is 5.75 Å². The molecule has 0 aliphatic rings. The zero-order valence-corrected chi connectivity index (χ0v) is 14.2. The van der Waals surface area contributed by atoms with Crippen molar-refractivity contribution in [3.05, 3.63) is 24.3 Å². The van der Waals surface area contributed by atoms with Crippen LogP contribution in [0, 0.1) is 0 Å². The molecular weight excluding hydrogens is 360 g/mol. The minimum Gasteiger partial charge on any atom is -0.497 e. The number of carbonyl (C=O) groups excluding carboxylic acids is 1. The number of methoxy groups -OCH3 is 1. The van der Waals surface area contributed by atoms with Crippen LogP contribution < -0.4 is 14.8 Å². The second kappa shape index (κ2) is 9.01. The molecule has 0 spiro atoms. The maximum atomic E-state index is 12.0. The Kier molecular flexibility index (Phi) is 7.69. The van der Waals surface area contributed by atoms with E-state index < -0.39 is 10.0 Å². The van der Waals surface area contributed by atoms with Crippen LogP contribution in [0.2, 0.25) is 0 Å². The molecule has 0 heterocycles. The van der Waals surface area contributed by atoms with E-state index in [2.05, 4.69) is 26.0 Å². The Morgan fingerprint density at radius 2 is 1.81 bits per heavy atom. The van der Waals surface area contributed by atoms with Gasteiger partial charge in [-0.2, -0.15) is 0 Å². The van der Waals surface area contributed by atoms with Gasteiger partial charge in [0.1, 0.15) is 5.75 Å². The summed E-state index contributed by atoms with van der Waals surface area (Å²) in [6.45, 7) is 0.868. The van der Waals surface area contributed by atoms with Gasteiger partial charge in [0.15, 0.2) is 0 Å². The largest absolute Gasteiger partial charge is 0.497 e. The third-order valence-electron chi connectivity index (χ3n) is 2.71. The molecule has 0 aliphatic heterocycles. The quantitative estimate of drug-likeness (QED) is 0.500. The van der Waals surface area contributed by atoms with Crippen LogP contribution in [0.25, 0.3) is 0 Å². The van der Waals surface area contributed by atoms with E-state index in [-0.39, 0.29) is 16.1 Å². The van der Waals surface area contributed by atoms with Gasteiger partial charge in [-0.05, 0) is 37.1 Å². The van der Waals surface area contributed by atoms with Crippen molar-refractivity contribution in [2.75, 3.05) is 25.5 Å². The topological polar surface area (TPSA) is 84.5 Å². The lowest BCUT2D eigenvalue weighted by molar-refractivity contribution is -0.118. The van der Waals surface area contributed by atoms with Crippen LogP contribution in [0.5, 0.6) is 5.75 Å². The summed E-state index contributed by atoms with van der Waals surface area (Å²) in [6.07, 6.45) is 1.36. The molecule has 118 valence electrons. The first-order chi connectivity index (χ1) is 9.99. The SMILES string of the molecule is COc1ccc(S(=O)(=O)NCCCCNC(=O)CBr)cc1. The Balaban J connectivity index is 2.34. The summed E-state index contributed by atoms with van der Waals surface area (Å²) in [5.41, 5.74) is 0. The average molecular weight is 379 g/mol. The van der Waals surface area contributed by atoms with Crippen molar-refractivity contribution >= 4 is 31.9 Å². The molecule has 0 unspecified atom stereocenters. The third kappa shape index (κ3) is 6.45. The normalized spacial score (nSPS) is 11.1. The Labute approximate surface area is 133 Å². The van der Waals surface area contributed by atoms with Gasteiger partial charge in [-0.3, -0.25) is 4.79 Å². The van der Waals surface area contributed by atoms with Crippen LogP contribution >= 0.6 is 15.9 Å². The van der Waals surface area contributed by atoms with Crippen molar-refractivity contribution in [2.45, 2.75) is 17.7 Å². The molecule has 8 heteroatoms. The second-order valence-corrected chi connectivity index (χ2v) is 6.59. The number of amides is 1. The minimum absolute atomic E-state index is 0.0752. The van der Waals surface area contributed by atoms with Crippen LogP contribution in [-0.2, 0) is 14.8 Å². The minimum atomic E-state index is -3.49. The Hall–Kier alpha value is -1.12. The van der Waals surface area contributed by atoms with Gasteiger partial charge in [0.25, 0.3) is 0 Å². The smallest absolute Gasteiger partial charge is 0.240 e. The average Bonchev–Trinajstić information content (AvgIpc) is 2.50. The standard InChI is InChI=1S/C13H19BrN2O4S/c1-20-11-4-6-12(7-5-11)21(18,19)16-9-3-2-8-15-13(17)10-14/h4-7,16H,2-3,8-10H2,1H3,(H,15,17). The third-order valence-corrected chi connectivity index (χ3v) is 4.70. The number of halogens is 1. The van der Waals surface area contributed by atoms with Crippen LogP contribution in [-0.4, -0.2) is 39.9 Å². The number of sulfonamides is 1. The van der Waals surface area contributed by atoms with Crippen molar-refractivity contribution < 1.29 is 17.9 Å². The fourth-order valence-corrected chi connectivity index (χ4v) is 2.84. The summed E-state index contributed by atoms with van der Waals surface area (Å²) in [5.74, 6) is 0.533. The molecule has 0 bridgehead atoms. The number of nitrogens with one attached hydrogen (secondary N) is 2. The molecule has 0 atom stereocenters. The van der Waals surface area contributed by atoms with E-state index in [9.17, 15) is 13.2 Å². The number of ether oxygens (including phenoxy) is 1. The van der Waals surface area contributed by atoms with Gasteiger partial charge in [-0.25, -0.2) is 13.1 Å². The zero-order chi connectivity index (χ0) is 15.7. The maximum absolute atomic E-state index is 12.0. The van der Waals surface area contributed by atoms with Crippen LogP contribution in [0.4, 0.5) is 0 Å². The molecule has 0 radical (unpaired) electrons. The van der Waals surface area contributed by atoms with Crippen LogP contribution in [0.15, 0.2) is 29.2 Å². The lowest BCUT2D eigenvalue weighted by atomic mass is 10.3. The molecule has 0 fully saturated rings. The lowest BCUT2D eigenvalue weighted by Crippen LogP contribution is -2.27. The number of hydrogen-bond acceptors (Lipinski definition) is 4. The van der Waals surface area contributed by atoms with Gasteiger partial charge in [0.2, 0.25) is 15.9 Å². The molecule has 0 aromatic heterocycles. The number of benzene rings is 1. The first kappa shape index (κ1) is 17.9. The summed E-state index contributed by atoms with van der Waals surface area (Å²) in [5, 5.41) is 2.97. The molecule has 1 rings (SSSR count). The summed E-state index contributed by atoms with van der Waals surface area (Å²) in [7, 11) is -1.97. The molecule has 21 heavy (non-hydrogen) atoms. The molecule has 0 saturated carbocycles. The van der Waals surface area contributed by atoms with Crippen molar-refractivity contribution in [2.24, 2.45) is 0 Å². The highest BCUT2D eigenvalue weighted by atomic mass is 79.9. The summed E-state index contributed by atoms with van der Waals surface area (Å²) in [6, 6.07) is 6.20. The first-order valence-electron chi connectivity index (χ1n) is 6.46. The first-order valence-corrected chi connectivity index (χ1v) is 9.06. The van der Waals surface area contributed by atoms with Gasteiger partial charge in [0, 0.05) is 13.1 Å². The monoisotopic (exact) mass is 378 g/mol. The van der Waals surface area contributed by atoms with Gasteiger partial charge in [0.05, 0.1) is 17.3 Å². The van der Waals surface area contributed by atoms with Gasteiger partial charge in [-0.1, -0.05) is 15.9 Å². The van der Waals surface area contributed by atoms with E-state index in [1.807, 2.05) is 0 Å². The van der Waals surface area contributed by atoms with Crippen molar-refractivity contribution in [3.63, 3.8) is 0 Å². The van der Waals surface area contributed by atoms with E-state index in [0.717, 1.165) is 0 Å². The van der Waals surface area contributed by atoms with E-state index in [0.29, 0.717) is 31.7 Å². The number of hydrogen-bond donors (Lipinski definition) is 2.